The van der Waals surface area contributed by atoms with Crippen LogP contribution >= 0.6 is 0 Å². The van der Waals surface area contributed by atoms with E-state index in [9.17, 15) is 0 Å². The summed E-state index contributed by atoms with van der Waals surface area (Å²) in [6.45, 7) is 2.11. The first-order chi connectivity index (χ1) is 9.83. The lowest BCUT2D eigenvalue weighted by Crippen LogP contribution is -2.31. The predicted molar refractivity (Wildman–Crippen MR) is 81.9 cm³/mol. The van der Waals surface area contributed by atoms with E-state index in [1.165, 1.54) is 12.8 Å². The van der Waals surface area contributed by atoms with E-state index in [-0.39, 0.29) is 0 Å². The van der Waals surface area contributed by atoms with E-state index in [1.807, 2.05) is 12.1 Å². The molecule has 4 heteroatoms. The zero-order valence-corrected chi connectivity index (χ0v) is 11.9. The number of para-hydroxylation sites is 1. The van der Waals surface area contributed by atoms with Crippen molar-refractivity contribution >= 4 is 16.7 Å². The number of rotatable bonds is 6. The standard InChI is InChI=1S/C16H21N3O/c1-20-9-8-19(14-6-7-14)16-13(11-17)10-12-4-2-3-5-15(12)18-16/h2-5,10,14H,6-9,11,17H2,1H3. The van der Waals surface area contributed by atoms with Crippen LogP contribution in [0.2, 0.25) is 0 Å². The Kier molecular flexibility index (Phi) is 3.85. The van der Waals surface area contributed by atoms with E-state index in [0.29, 0.717) is 12.6 Å². The largest absolute Gasteiger partial charge is 0.383 e. The summed E-state index contributed by atoms with van der Waals surface area (Å²) in [4.78, 5) is 7.21. The summed E-state index contributed by atoms with van der Waals surface area (Å²) < 4.78 is 5.23. The van der Waals surface area contributed by atoms with Gasteiger partial charge in [-0.15, -0.1) is 0 Å². The number of hydrogen-bond donors (Lipinski definition) is 1. The van der Waals surface area contributed by atoms with Gasteiger partial charge in [-0.1, -0.05) is 18.2 Å². The van der Waals surface area contributed by atoms with Crippen molar-refractivity contribution in [3.63, 3.8) is 0 Å². The second kappa shape index (κ2) is 5.77. The van der Waals surface area contributed by atoms with Crippen molar-refractivity contribution in [2.75, 3.05) is 25.2 Å². The lowest BCUT2D eigenvalue weighted by Gasteiger charge is -2.25. The van der Waals surface area contributed by atoms with Crippen molar-refractivity contribution in [1.82, 2.24) is 4.98 Å². The average molecular weight is 271 g/mol. The van der Waals surface area contributed by atoms with E-state index >= 15 is 0 Å². The minimum atomic E-state index is 0.517. The highest BCUT2D eigenvalue weighted by Crippen LogP contribution is 2.33. The van der Waals surface area contributed by atoms with E-state index in [2.05, 4.69) is 23.1 Å². The minimum Gasteiger partial charge on any atom is -0.383 e. The van der Waals surface area contributed by atoms with Gasteiger partial charge in [0.2, 0.25) is 0 Å². The third-order valence-corrected chi connectivity index (χ3v) is 3.80. The molecule has 4 nitrogen and oxygen atoms in total. The third-order valence-electron chi connectivity index (χ3n) is 3.80. The highest BCUT2D eigenvalue weighted by atomic mass is 16.5. The van der Waals surface area contributed by atoms with Crippen LogP contribution in [0.5, 0.6) is 0 Å². The molecule has 1 aromatic carbocycles. The first-order valence-corrected chi connectivity index (χ1v) is 7.18. The van der Waals surface area contributed by atoms with Gasteiger partial charge in [0.15, 0.2) is 0 Å². The molecule has 0 atom stereocenters. The SMILES string of the molecule is COCCN(c1nc2ccccc2cc1CN)C1CC1. The van der Waals surface area contributed by atoms with E-state index < -0.39 is 0 Å². The number of pyridine rings is 1. The third kappa shape index (κ3) is 2.62. The zero-order valence-electron chi connectivity index (χ0n) is 11.9. The quantitative estimate of drug-likeness (QED) is 0.876. The van der Waals surface area contributed by atoms with Gasteiger partial charge in [0.25, 0.3) is 0 Å². The Bertz CT molecular complexity index is 595. The Hall–Kier alpha value is -1.65. The fourth-order valence-electron chi connectivity index (χ4n) is 2.59. The molecule has 1 aliphatic carbocycles. The average Bonchev–Trinajstić information content (AvgIpc) is 3.31. The van der Waals surface area contributed by atoms with Crippen LogP contribution < -0.4 is 10.6 Å². The highest BCUT2D eigenvalue weighted by Gasteiger charge is 2.31. The van der Waals surface area contributed by atoms with Crippen molar-refractivity contribution in [2.24, 2.45) is 5.73 Å². The molecule has 0 unspecified atom stereocenters. The molecule has 3 rings (SSSR count). The van der Waals surface area contributed by atoms with Gasteiger partial charge in [-0.05, 0) is 25.0 Å². The topological polar surface area (TPSA) is 51.4 Å². The van der Waals surface area contributed by atoms with Gasteiger partial charge in [0, 0.05) is 37.2 Å². The normalized spacial score (nSPS) is 14.7. The predicted octanol–water partition coefficient (Wildman–Crippen LogP) is 2.31. The van der Waals surface area contributed by atoms with Crippen molar-refractivity contribution in [3.8, 4) is 0 Å². The number of aromatic nitrogens is 1. The Morgan fingerprint density at radius 3 is 2.85 bits per heavy atom. The van der Waals surface area contributed by atoms with Gasteiger partial charge < -0.3 is 15.4 Å². The molecular formula is C16H21N3O. The summed E-state index contributed by atoms with van der Waals surface area (Å²) in [6, 6.07) is 11.0. The van der Waals surface area contributed by atoms with Gasteiger partial charge in [-0.2, -0.15) is 0 Å². The number of benzene rings is 1. The van der Waals surface area contributed by atoms with Gasteiger partial charge in [-0.3, -0.25) is 0 Å². The number of hydrogen-bond acceptors (Lipinski definition) is 4. The molecule has 1 fully saturated rings. The molecule has 2 N–H and O–H groups in total. The molecule has 1 aliphatic rings. The summed E-state index contributed by atoms with van der Waals surface area (Å²) >= 11 is 0. The molecule has 0 saturated heterocycles. The lowest BCUT2D eigenvalue weighted by atomic mass is 10.1. The first-order valence-electron chi connectivity index (χ1n) is 7.18. The molecule has 0 amide bonds. The van der Waals surface area contributed by atoms with Gasteiger partial charge in [0.1, 0.15) is 5.82 Å². The molecule has 0 radical (unpaired) electrons. The second-order valence-corrected chi connectivity index (χ2v) is 5.29. The summed E-state index contributed by atoms with van der Waals surface area (Å²) in [5, 5.41) is 1.15. The van der Waals surface area contributed by atoms with Gasteiger partial charge in [0.05, 0.1) is 12.1 Å². The number of nitrogens with zero attached hydrogens (tertiary/aromatic N) is 2. The maximum atomic E-state index is 5.93. The molecular weight excluding hydrogens is 250 g/mol. The summed E-state index contributed by atoms with van der Waals surface area (Å²) in [6.07, 6.45) is 2.48. The van der Waals surface area contributed by atoms with Crippen LogP contribution in [0, 0.1) is 0 Å². The summed E-state index contributed by atoms with van der Waals surface area (Å²) in [5.74, 6) is 1.03. The molecule has 0 aliphatic heterocycles. The molecule has 0 bridgehead atoms. The molecule has 1 heterocycles. The van der Waals surface area contributed by atoms with Gasteiger partial charge >= 0.3 is 0 Å². The summed E-state index contributed by atoms with van der Waals surface area (Å²) in [5.41, 5.74) is 8.08. The molecule has 106 valence electrons. The van der Waals surface area contributed by atoms with Crippen molar-refractivity contribution in [2.45, 2.75) is 25.4 Å². The first kappa shape index (κ1) is 13.3. The molecule has 1 aromatic heterocycles. The monoisotopic (exact) mass is 271 g/mol. The van der Waals surface area contributed by atoms with Crippen LogP contribution in [0.1, 0.15) is 18.4 Å². The van der Waals surface area contributed by atoms with Crippen molar-refractivity contribution in [1.29, 1.82) is 0 Å². The summed E-state index contributed by atoms with van der Waals surface area (Å²) in [7, 11) is 1.74. The highest BCUT2D eigenvalue weighted by molar-refractivity contribution is 5.82. The molecule has 20 heavy (non-hydrogen) atoms. The van der Waals surface area contributed by atoms with Crippen LogP contribution in [0.3, 0.4) is 0 Å². The van der Waals surface area contributed by atoms with Crippen molar-refractivity contribution in [3.05, 3.63) is 35.9 Å². The number of ether oxygens (including phenoxy) is 1. The lowest BCUT2D eigenvalue weighted by molar-refractivity contribution is 0.204. The minimum absolute atomic E-state index is 0.517. The van der Waals surface area contributed by atoms with E-state index in [0.717, 1.165) is 35.4 Å². The maximum Gasteiger partial charge on any atom is 0.134 e. The fourth-order valence-corrected chi connectivity index (χ4v) is 2.59. The molecule has 1 saturated carbocycles. The van der Waals surface area contributed by atoms with E-state index in [1.54, 1.807) is 7.11 Å². The number of fused-ring (bicyclic) bond motifs is 1. The Morgan fingerprint density at radius 2 is 2.15 bits per heavy atom. The smallest absolute Gasteiger partial charge is 0.134 e. The zero-order chi connectivity index (χ0) is 13.9. The molecule has 2 aromatic rings. The Labute approximate surface area is 119 Å². The fraction of sp³-hybridized carbons (Fsp3) is 0.438. The van der Waals surface area contributed by atoms with Crippen LogP contribution in [0.25, 0.3) is 10.9 Å². The maximum absolute atomic E-state index is 5.93. The second-order valence-electron chi connectivity index (χ2n) is 5.29. The number of anilines is 1. The van der Waals surface area contributed by atoms with E-state index in [4.69, 9.17) is 15.5 Å². The van der Waals surface area contributed by atoms with Crippen LogP contribution in [0.4, 0.5) is 5.82 Å². The van der Waals surface area contributed by atoms with Crippen LogP contribution in [0.15, 0.2) is 30.3 Å². The van der Waals surface area contributed by atoms with Crippen LogP contribution in [-0.2, 0) is 11.3 Å². The number of methoxy groups -OCH3 is 1. The Morgan fingerprint density at radius 1 is 1.35 bits per heavy atom. The number of nitrogens with two attached hydrogens (primary N) is 1. The van der Waals surface area contributed by atoms with Crippen molar-refractivity contribution < 1.29 is 4.74 Å². The molecule has 0 spiro atoms. The Balaban J connectivity index is 2.02. The van der Waals surface area contributed by atoms with Gasteiger partial charge in [-0.25, -0.2) is 4.98 Å². The van der Waals surface area contributed by atoms with Crippen LogP contribution in [-0.4, -0.2) is 31.3 Å².